The maximum atomic E-state index is 5.21. The molecule has 0 unspecified atom stereocenters. The highest BCUT2D eigenvalue weighted by Gasteiger charge is 2.17. The molecule has 2 heterocycles. The molecule has 0 atom stereocenters. The first-order chi connectivity index (χ1) is 26.7. The molecule has 2 aromatic heterocycles. The van der Waals surface area contributed by atoms with E-state index in [0.717, 1.165) is 66.9 Å². The molecule has 0 spiro atoms. The molecule has 0 N–H and O–H groups in total. The molecule has 0 fully saturated rings. The van der Waals surface area contributed by atoms with E-state index in [1.165, 1.54) is 21.5 Å². The Morgan fingerprint density at radius 2 is 0.630 bits per heavy atom. The molecule has 8 aromatic carbocycles. The third-order valence-electron chi connectivity index (χ3n) is 10.1. The summed E-state index contributed by atoms with van der Waals surface area (Å²) < 4.78 is 0. The van der Waals surface area contributed by atoms with Crippen LogP contribution < -0.4 is 0 Å². The lowest BCUT2D eigenvalue weighted by molar-refractivity contribution is 1.18. The minimum Gasteiger partial charge on any atom is -0.228 e. The summed E-state index contributed by atoms with van der Waals surface area (Å²) in [5, 5.41) is 6.92. The maximum Gasteiger partial charge on any atom is 0.160 e. The molecule has 0 radical (unpaired) electrons. The van der Waals surface area contributed by atoms with Gasteiger partial charge in [-0.15, -0.1) is 0 Å². The second-order valence-electron chi connectivity index (χ2n) is 13.5. The molecule has 252 valence electrons. The summed E-state index contributed by atoms with van der Waals surface area (Å²) in [6.07, 6.45) is 0. The van der Waals surface area contributed by atoms with Gasteiger partial charge in [0, 0.05) is 33.4 Å². The number of hydrogen-bond donors (Lipinski definition) is 0. The normalized spacial score (nSPS) is 11.3. The van der Waals surface area contributed by atoms with Crippen molar-refractivity contribution in [1.82, 2.24) is 19.9 Å². The Morgan fingerprint density at radius 1 is 0.241 bits per heavy atom. The lowest BCUT2D eigenvalue weighted by atomic mass is 9.95. The van der Waals surface area contributed by atoms with Crippen LogP contribution in [0.25, 0.3) is 100 Å². The number of fused-ring (bicyclic) bond motifs is 3. The molecule has 0 bridgehead atoms. The van der Waals surface area contributed by atoms with Crippen LogP contribution in [0, 0.1) is 0 Å². The average Bonchev–Trinajstić information content (AvgIpc) is 3.26. The number of rotatable bonds is 6. The minimum absolute atomic E-state index is 0.688. The van der Waals surface area contributed by atoms with Crippen molar-refractivity contribution in [3.05, 3.63) is 194 Å². The summed E-state index contributed by atoms with van der Waals surface area (Å²) in [4.78, 5) is 20.7. The smallest absolute Gasteiger partial charge is 0.160 e. The maximum absolute atomic E-state index is 5.21. The molecule has 4 nitrogen and oxygen atoms in total. The minimum atomic E-state index is 0.688. The summed E-state index contributed by atoms with van der Waals surface area (Å²) in [5.41, 5.74) is 9.57. The topological polar surface area (TPSA) is 51.6 Å². The Balaban J connectivity index is 1.16. The van der Waals surface area contributed by atoms with Crippen molar-refractivity contribution in [3.63, 3.8) is 0 Å². The molecule has 0 aliphatic carbocycles. The molecule has 0 saturated carbocycles. The van der Waals surface area contributed by atoms with Gasteiger partial charge >= 0.3 is 0 Å². The van der Waals surface area contributed by atoms with Gasteiger partial charge in [0.05, 0.1) is 22.8 Å². The fraction of sp³-hybridized carbons (Fsp3) is 0. The summed E-state index contributed by atoms with van der Waals surface area (Å²) in [6.45, 7) is 0. The number of hydrogen-bond acceptors (Lipinski definition) is 4. The average molecular weight is 689 g/mol. The first kappa shape index (κ1) is 31.4. The summed E-state index contributed by atoms with van der Waals surface area (Å²) in [5.74, 6) is 1.38. The summed E-state index contributed by atoms with van der Waals surface area (Å²) >= 11 is 0. The Bertz CT molecular complexity index is 2790. The van der Waals surface area contributed by atoms with Crippen LogP contribution in [0.4, 0.5) is 0 Å². The Kier molecular flexibility index (Phi) is 7.77. The van der Waals surface area contributed by atoms with Crippen LogP contribution in [0.1, 0.15) is 0 Å². The van der Waals surface area contributed by atoms with Crippen molar-refractivity contribution in [2.24, 2.45) is 0 Å². The highest BCUT2D eigenvalue weighted by Crippen LogP contribution is 2.38. The molecule has 0 aliphatic rings. The van der Waals surface area contributed by atoms with Gasteiger partial charge in [0.15, 0.2) is 11.6 Å². The molecule has 0 saturated heterocycles. The van der Waals surface area contributed by atoms with Crippen LogP contribution in [0.5, 0.6) is 0 Å². The standard InChI is InChI=1S/C50H32N4/c1-3-15-35(16-4-1)49-51-45(39-27-25-33-13-7-9-19-37(33)29-39)31-47(53-49)43-23-11-22-42-41(43)21-12-24-44(42)48-32-46(52-50(54-48)36-17-5-2-6-18-36)40-28-26-34-14-8-10-20-38(34)30-40/h1-32H. The second kappa shape index (κ2) is 13.4. The first-order valence-corrected chi connectivity index (χ1v) is 18.1. The monoisotopic (exact) mass is 688 g/mol. The fourth-order valence-corrected chi connectivity index (χ4v) is 7.35. The molecular weight excluding hydrogens is 657 g/mol. The lowest BCUT2D eigenvalue weighted by Gasteiger charge is -2.14. The highest BCUT2D eigenvalue weighted by molar-refractivity contribution is 6.04. The zero-order valence-electron chi connectivity index (χ0n) is 29.3. The molecule has 4 heteroatoms. The third-order valence-corrected chi connectivity index (χ3v) is 10.1. The van der Waals surface area contributed by atoms with E-state index in [0.29, 0.717) is 11.6 Å². The van der Waals surface area contributed by atoms with E-state index in [1.54, 1.807) is 0 Å². The van der Waals surface area contributed by atoms with E-state index in [1.807, 2.05) is 36.4 Å². The summed E-state index contributed by atoms with van der Waals surface area (Å²) in [6, 6.07) is 67.5. The third kappa shape index (κ3) is 5.86. The van der Waals surface area contributed by atoms with E-state index >= 15 is 0 Å². The number of benzene rings is 8. The zero-order valence-corrected chi connectivity index (χ0v) is 29.3. The van der Waals surface area contributed by atoms with Crippen LogP contribution in [0.2, 0.25) is 0 Å². The van der Waals surface area contributed by atoms with Crippen molar-refractivity contribution in [2.45, 2.75) is 0 Å². The van der Waals surface area contributed by atoms with E-state index in [2.05, 4.69) is 158 Å². The molecule has 0 aliphatic heterocycles. The van der Waals surface area contributed by atoms with Gasteiger partial charge in [-0.05, 0) is 56.6 Å². The van der Waals surface area contributed by atoms with Crippen molar-refractivity contribution in [1.29, 1.82) is 0 Å². The van der Waals surface area contributed by atoms with Crippen LogP contribution in [0.3, 0.4) is 0 Å². The highest BCUT2D eigenvalue weighted by atomic mass is 14.9. The van der Waals surface area contributed by atoms with E-state index in [4.69, 9.17) is 19.9 Å². The molecule has 10 rings (SSSR count). The van der Waals surface area contributed by atoms with Gasteiger partial charge in [-0.2, -0.15) is 0 Å². The van der Waals surface area contributed by atoms with Gasteiger partial charge < -0.3 is 0 Å². The van der Waals surface area contributed by atoms with Crippen molar-refractivity contribution < 1.29 is 0 Å². The number of nitrogens with zero attached hydrogens (tertiary/aromatic N) is 4. The zero-order chi connectivity index (χ0) is 35.8. The van der Waals surface area contributed by atoms with E-state index in [9.17, 15) is 0 Å². The van der Waals surface area contributed by atoms with Crippen molar-refractivity contribution in [3.8, 4) is 67.8 Å². The van der Waals surface area contributed by atoms with E-state index < -0.39 is 0 Å². The van der Waals surface area contributed by atoms with E-state index in [-0.39, 0.29) is 0 Å². The summed E-state index contributed by atoms with van der Waals surface area (Å²) in [7, 11) is 0. The Morgan fingerprint density at radius 3 is 1.07 bits per heavy atom. The van der Waals surface area contributed by atoms with Crippen LogP contribution in [-0.2, 0) is 0 Å². The predicted molar refractivity (Wildman–Crippen MR) is 223 cm³/mol. The van der Waals surface area contributed by atoms with Crippen LogP contribution in [0.15, 0.2) is 194 Å². The SMILES string of the molecule is c1ccc(-c2nc(-c3ccc4ccccc4c3)cc(-c3cccc4c(-c5cc(-c6ccc7ccccc7c6)nc(-c6ccccc6)n5)cccc34)n2)cc1. The Labute approximate surface area is 313 Å². The van der Waals surface area contributed by atoms with Crippen molar-refractivity contribution >= 4 is 32.3 Å². The van der Waals surface area contributed by atoms with Gasteiger partial charge in [-0.3, -0.25) is 0 Å². The second-order valence-corrected chi connectivity index (χ2v) is 13.5. The molecule has 54 heavy (non-hydrogen) atoms. The fourth-order valence-electron chi connectivity index (χ4n) is 7.35. The predicted octanol–water partition coefficient (Wildman–Crippen LogP) is 12.7. The number of aromatic nitrogens is 4. The van der Waals surface area contributed by atoms with Gasteiger partial charge in [-0.25, -0.2) is 19.9 Å². The van der Waals surface area contributed by atoms with Gasteiger partial charge in [0.25, 0.3) is 0 Å². The van der Waals surface area contributed by atoms with Gasteiger partial charge in [0.1, 0.15) is 0 Å². The molecule has 0 amide bonds. The van der Waals surface area contributed by atoms with Gasteiger partial charge in [0.2, 0.25) is 0 Å². The lowest BCUT2D eigenvalue weighted by Crippen LogP contribution is -1.98. The van der Waals surface area contributed by atoms with Crippen LogP contribution >= 0.6 is 0 Å². The van der Waals surface area contributed by atoms with Gasteiger partial charge in [-0.1, -0.05) is 170 Å². The van der Waals surface area contributed by atoms with Crippen molar-refractivity contribution in [2.75, 3.05) is 0 Å². The largest absolute Gasteiger partial charge is 0.228 e. The van der Waals surface area contributed by atoms with Crippen LogP contribution in [-0.4, -0.2) is 19.9 Å². The Hall–Kier alpha value is -7.30. The molecular formula is C50H32N4. The molecule has 10 aromatic rings. The first-order valence-electron chi connectivity index (χ1n) is 18.1. The quantitative estimate of drug-likeness (QED) is 0.174.